The SMILES string of the molecule is CCNc1ccc(OCCCOCCCOCC(C)=O)cc1F.[HH]. The maximum Gasteiger partial charge on any atom is 0.155 e. The summed E-state index contributed by atoms with van der Waals surface area (Å²) in [5, 5.41) is 2.93. The third-order valence-corrected chi connectivity index (χ3v) is 2.89. The molecule has 1 N–H and O–H groups in total. The summed E-state index contributed by atoms with van der Waals surface area (Å²) >= 11 is 0. The molecular formula is C17H28FNO4. The molecule has 0 spiro atoms. The Morgan fingerprint density at radius 2 is 1.87 bits per heavy atom. The van der Waals surface area contributed by atoms with Crippen LogP contribution in [0.2, 0.25) is 0 Å². The second kappa shape index (κ2) is 11.8. The van der Waals surface area contributed by atoms with Crippen molar-refractivity contribution in [1.29, 1.82) is 0 Å². The van der Waals surface area contributed by atoms with E-state index in [1.165, 1.54) is 13.0 Å². The number of anilines is 1. The smallest absolute Gasteiger partial charge is 0.155 e. The summed E-state index contributed by atoms with van der Waals surface area (Å²) in [6.45, 7) is 6.41. The van der Waals surface area contributed by atoms with Crippen LogP contribution >= 0.6 is 0 Å². The predicted octanol–water partition coefficient (Wildman–Crippen LogP) is 3.28. The van der Waals surface area contributed by atoms with E-state index in [1.807, 2.05) is 6.92 Å². The normalized spacial score (nSPS) is 10.6. The number of ketones is 1. The molecule has 1 aromatic rings. The lowest BCUT2D eigenvalue weighted by molar-refractivity contribution is -0.121. The number of carbonyl (C=O) groups excluding carboxylic acids is 1. The Hall–Kier alpha value is -1.66. The second-order valence-corrected chi connectivity index (χ2v) is 5.09. The Kier molecular flexibility index (Phi) is 9.99. The lowest BCUT2D eigenvalue weighted by atomic mass is 10.3. The van der Waals surface area contributed by atoms with Crippen molar-refractivity contribution in [2.24, 2.45) is 0 Å². The maximum absolute atomic E-state index is 13.7. The molecule has 1 aromatic carbocycles. The zero-order valence-corrected chi connectivity index (χ0v) is 13.9. The number of hydrogen-bond donors (Lipinski definition) is 1. The van der Waals surface area contributed by atoms with Gasteiger partial charge in [0.1, 0.15) is 18.2 Å². The minimum absolute atomic E-state index is 0. The molecule has 0 aliphatic carbocycles. The Morgan fingerprint density at radius 1 is 1.17 bits per heavy atom. The largest absolute Gasteiger partial charge is 0.493 e. The van der Waals surface area contributed by atoms with E-state index in [-0.39, 0.29) is 19.6 Å². The zero-order valence-electron chi connectivity index (χ0n) is 13.9. The molecule has 0 unspecified atom stereocenters. The van der Waals surface area contributed by atoms with Crippen LogP contribution in [0.4, 0.5) is 10.1 Å². The van der Waals surface area contributed by atoms with Gasteiger partial charge in [-0.1, -0.05) is 0 Å². The summed E-state index contributed by atoms with van der Waals surface area (Å²) in [6.07, 6.45) is 1.48. The van der Waals surface area contributed by atoms with Gasteiger partial charge in [0.25, 0.3) is 0 Å². The van der Waals surface area contributed by atoms with Gasteiger partial charge in [0.15, 0.2) is 5.78 Å². The Morgan fingerprint density at radius 3 is 2.52 bits per heavy atom. The first-order valence-electron chi connectivity index (χ1n) is 7.94. The van der Waals surface area contributed by atoms with Gasteiger partial charge in [0, 0.05) is 40.3 Å². The first-order chi connectivity index (χ1) is 11.1. The van der Waals surface area contributed by atoms with Gasteiger partial charge in [-0.05, 0) is 32.4 Å². The Labute approximate surface area is 138 Å². The number of nitrogens with one attached hydrogen (secondary N) is 1. The molecule has 6 heteroatoms. The topological polar surface area (TPSA) is 56.8 Å². The van der Waals surface area contributed by atoms with Crippen LogP contribution in [-0.2, 0) is 14.3 Å². The average Bonchev–Trinajstić information content (AvgIpc) is 2.51. The van der Waals surface area contributed by atoms with Gasteiger partial charge in [0.05, 0.1) is 12.3 Å². The van der Waals surface area contributed by atoms with Crippen molar-refractivity contribution < 1.29 is 24.8 Å². The van der Waals surface area contributed by atoms with E-state index in [0.29, 0.717) is 44.4 Å². The van der Waals surface area contributed by atoms with Gasteiger partial charge in [-0.3, -0.25) is 4.79 Å². The van der Waals surface area contributed by atoms with Gasteiger partial charge in [0.2, 0.25) is 0 Å². The van der Waals surface area contributed by atoms with Crippen molar-refractivity contribution in [2.45, 2.75) is 26.7 Å². The summed E-state index contributed by atoms with van der Waals surface area (Å²) in [6, 6.07) is 4.80. The number of ether oxygens (including phenoxy) is 3. The molecule has 0 saturated carbocycles. The number of benzene rings is 1. The predicted molar refractivity (Wildman–Crippen MR) is 89.7 cm³/mol. The van der Waals surface area contributed by atoms with E-state index in [0.717, 1.165) is 12.8 Å². The van der Waals surface area contributed by atoms with E-state index in [4.69, 9.17) is 14.2 Å². The molecule has 0 saturated heterocycles. The molecule has 0 heterocycles. The third kappa shape index (κ3) is 9.15. The first kappa shape index (κ1) is 19.4. The second-order valence-electron chi connectivity index (χ2n) is 5.09. The van der Waals surface area contributed by atoms with Gasteiger partial charge >= 0.3 is 0 Å². The molecule has 1 rings (SSSR count). The molecule has 0 fully saturated rings. The zero-order chi connectivity index (χ0) is 16.9. The summed E-state index contributed by atoms with van der Waals surface area (Å²) < 4.78 is 29.7. The summed E-state index contributed by atoms with van der Waals surface area (Å²) in [7, 11) is 0. The number of carbonyl (C=O) groups is 1. The highest BCUT2D eigenvalue weighted by molar-refractivity contribution is 5.76. The van der Waals surface area contributed by atoms with Gasteiger partial charge in [-0.2, -0.15) is 0 Å². The van der Waals surface area contributed by atoms with Crippen molar-refractivity contribution in [1.82, 2.24) is 0 Å². The fraction of sp³-hybridized carbons (Fsp3) is 0.588. The van der Waals surface area contributed by atoms with Crippen LogP contribution in [0, 0.1) is 5.82 Å². The number of halogens is 1. The van der Waals surface area contributed by atoms with E-state index in [1.54, 1.807) is 12.1 Å². The highest BCUT2D eigenvalue weighted by atomic mass is 19.1. The quantitative estimate of drug-likeness (QED) is 0.563. The summed E-state index contributed by atoms with van der Waals surface area (Å²) in [4.78, 5) is 10.6. The number of rotatable bonds is 13. The lowest BCUT2D eigenvalue weighted by Gasteiger charge is -2.09. The monoisotopic (exact) mass is 329 g/mol. The molecule has 5 nitrogen and oxygen atoms in total. The highest BCUT2D eigenvalue weighted by Gasteiger charge is 2.03. The molecule has 0 bridgehead atoms. The van der Waals surface area contributed by atoms with Crippen molar-refractivity contribution in [3.8, 4) is 5.75 Å². The molecular weight excluding hydrogens is 301 g/mol. The number of Topliss-reactive ketones (excluding diaryl/α,β-unsaturated/α-hetero) is 1. The van der Waals surface area contributed by atoms with E-state index in [9.17, 15) is 9.18 Å². The van der Waals surface area contributed by atoms with Crippen LogP contribution in [0.5, 0.6) is 5.75 Å². The average molecular weight is 329 g/mol. The van der Waals surface area contributed by atoms with Crippen LogP contribution in [0.15, 0.2) is 18.2 Å². The molecule has 0 aromatic heterocycles. The molecule has 23 heavy (non-hydrogen) atoms. The van der Waals surface area contributed by atoms with Crippen LogP contribution < -0.4 is 10.1 Å². The van der Waals surface area contributed by atoms with Crippen molar-refractivity contribution in [3.63, 3.8) is 0 Å². The fourth-order valence-corrected chi connectivity index (χ4v) is 1.85. The van der Waals surface area contributed by atoms with Crippen molar-refractivity contribution in [3.05, 3.63) is 24.0 Å². The first-order valence-corrected chi connectivity index (χ1v) is 7.94. The standard InChI is InChI=1S/C17H26FNO4.H2/c1-3-19-17-7-6-15(12-16(17)18)23-11-5-9-21-8-4-10-22-13-14(2)20;/h6-7,12,19H,3-5,8-11,13H2,1-2H3;1H. The van der Waals surface area contributed by atoms with Crippen LogP contribution in [-0.4, -0.2) is 45.4 Å². The minimum atomic E-state index is -0.314. The van der Waals surface area contributed by atoms with Crippen LogP contribution in [0.3, 0.4) is 0 Å². The molecule has 0 atom stereocenters. The van der Waals surface area contributed by atoms with E-state index in [2.05, 4.69) is 5.32 Å². The van der Waals surface area contributed by atoms with Gasteiger partial charge < -0.3 is 19.5 Å². The lowest BCUT2D eigenvalue weighted by Crippen LogP contribution is -2.08. The molecule has 0 aliphatic heterocycles. The van der Waals surface area contributed by atoms with Crippen LogP contribution in [0.25, 0.3) is 0 Å². The Bertz CT molecular complexity index is 474. The van der Waals surface area contributed by atoms with Crippen LogP contribution in [0.1, 0.15) is 28.1 Å². The summed E-state index contributed by atoms with van der Waals surface area (Å²) in [5.41, 5.74) is 0.482. The van der Waals surface area contributed by atoms with Crippen molar-refractivity contribution in [2.75, 3.05) is 44.9 Å². The molecule has 0 radical (unpaired) electrons. The fourth-order valence-electron chi connectivity index (χ4n) is 1.85. The maximum atomic E-state index is 13.7. The van der Waals surface area contributed by atoms with Crippen molar-refractivity contribution >= 4 is 11.5 Å². The summed E-state index contributed by atoms with van der Waals surface area (Å²) in [5.74, 6) is 0.228. The minimum Gasteiger partial charge on any atom is -0.493 e. The highest BCUT2D eigenvalue weighted by Crippen LogP contribution is 2.20. The van der Waals surface area contributed by atoms with Gasteiger partial charge in [-0.15, -0.1) is 0 Å². The number of hydrogen-bond acceptors (Lipinski definition) is 5. The van der Waals surface area contributed by atoms with E-state index >= 15 is 0 Å². The van der Waals surface area contributed by atoms with Gasteiger partial charge in [-0.25, -0.2) is 4.39 Å². The molecule has 0 aliphatic rings. The Balaban J connectivity index is 0.00000529. The molecule has 132 valence electrons. The van der Waals surface area contributed by atoms with E-state index < -0.39 is 0 Å². The molecule has 0 amide bonds. The third-order valence-electron chi connectivity index (χ3n) is 2.89.